The largest absolute Gasteiger partial charge is 0.447 e. The van der Waals surface area contributed by atoms with Gasteiger partial charge in [-0.1, -0.05) is 30.3 Å². The van der Waals surface area contributed by atoms with E-state index in [-0.39, 0.29) is 30.8 Å². The number of ether oxygens (including phenoxy) is 1. The number of amides is 2. The monoisotopic (exact) mass is 289 g/mol. The van der Waals surface area contributed by atoms with Crippen LogP contribution in [-0.2, 0) is 20.7 Å². The van der Waals surface area contributed by atoms with E-state index >= 15 is 0 Å². The maximum Gasteiger partial charge on any atom is 0.416 e. The van der Waals surface area contributed by atoms with Crippen molar-refractivity contribution in [2.24, 2.45) is 0 Å². The molecule has 0 unspecified atom stereocenters. The van der Waals surface area contributed by atoms with Gasteiger partial charge in [0.15, 0.2) is 0 Å². The summed E-state index contributed by atoms with van der Waals surface area (Å²) in [6, 6.07) is 9.43. The summed E-state index contributed by atoms with van der Waals surface area (Å²) in [4.78, 5) is 36.0. The van der Waals surface area contributed by atoms with E-state index in [0.29, 0.717) is 19.3 Å². The molecule has 0 spiro atoms. The van der Waals surface area contributed by atoms with Crippen LogP contribution in [0.2, 0.25) is 0 Å². The van der Waals surface area contributed by atoms with E-state index in [2.05, 4.69) is 0 Å². The average Bonchev–Trinajstić information content (AvgIpc) is 2.80. The Kier molecular flexibility index (Phi) is 5.09. The van der Waals surface area contributed by atoms with E-state index in [1.807, 2.05) is 30.3 Å². The maximum atomic E-state index is 12.2. The molecule has 21 heavy (non-hydrogen) atoms. The molecule has 0 bridgehead atoms. The van der Waals surface area contributed by atoms with Gasteiger partial charge in [0.25, 0.3) is 0 Å². The van der Waals surface area contributed by atoms with Crippen molar-refractivity contribution in [1.29, 1.82) is 0 Å². The van der Waals surface area contributed by atoms with Crippen LogP contribution >= 0.6 is 0 Å². The van der Waals surface area contributed by atoms with Crippen molar-refractivity contribution in [2.75, 3.05) is 6.61 Å². The molecule has 112 valence electrons. The third kappa shape index (κ3) is 4.15. The Bertz CT molecular complexity index is 526. The summed E-state index contributed by atoms with van der Waals surface area (Å²) in [5.74, 6) is -0.215. The number of hydrogen-bond donors (Lipinski definition) is 0. The van der Waals surface area contributed by atoms with Crippen LogP contribution in [0.3, 0.4) is 0 Å². The number of ketones is 1. The van der Waals surface area contributed by atoms with Gasteiger partial charge in [0.2, 0.25) is 5.91 Å². The Morgan fingerprint density at radius 3 is 2.62 bits per heavy atom. The van der Waals surface area contributed by atoms with Crippen LogP contribution in [0, 0.1) is 0 Å². The summed E-state index contributed by atoms with van der Waals surface area (Å²) >= 11 is 0. The molecule has 0 radical (unpaired) electrons. The number of imide groups is 1. The van der Waals surface area contributed by atoms with Gasteiger partial charge in [-0.15, -0.1) is 0 Å². The first-order valence-electron chi connectivity index (χ1n) is 7.10. The minimum atomic E-state index is -0.580. The van der Waals surface area contributed by atoms with Gasteiger partial charge in [-0.25, -0.2) is 9.69 Å². The zero-order chi connectivity index (χ0) is 15.2. The minimum absolute atomic E-state index is 0.0487. The van der Waals surface area contributed by atoms with Crippen molar-refractivity contribution in [2.45, 2.75) is 38.6 Å². The Hall–Kier alpha value is -2.17. The highest BCUT2D eigenvalue weighted by molar-refractivity contribution is 5.93. The van der Waals surface area contributed by atoms with E-state index in [0.717, 1.165) is 5.56 Å². The van der Waals surface area contributed by atoms with E-state index < -0.39 is 6.09 Å². The molecule has 5 nitrogen and oxygen atoms in total. The first-order chi connectivity index (χ1) is 10.1. The quantitative estimate of drug-likeness (QED) is 0.806. The molecule has 0 N–H and O–H groups in total. The molecule has 1 heterocycles. The second-order valence-corrected chi connectivity index (χ2v) is 5.24. The van der Waals surface area contributed by atoms with Crippen molar-refractivity contribution in [3.63, 3.8) is 0 Å². The van der Waals surface area contributed by atoms with E-state index in [4.69, 9.17) is 4.74 Å². The van der Waals surface area contributed by atoms with Gasteiger partial charge in [-0.3, -0.25) is 4.79 Å². The van der Waals surface area contributed by atoms with Gasteiger partial charge in [-0.2, -0.15) is 0 Å². The summed E-state index contributed by atoms with van der Waals surface area (Å²) < 4.78 is 5.00. The molecule has 2 amide bonds. The zero-order valence-electron chi connectivity index (χ0n) is 12.1. The SMILES string of the molecule is CC(=O)CCCC(=O)N1C(=O)OC[C@H]1Cc1ccccc1. The van der Waals surface area contributed by atoms with E-state index in [9.17, 15) is 14.4 Å². The lowest BCUT2D eigenvalue weighted by Crippen LogP contribution is -2.40. The van der Waals surface area contributed by atoms with Crippen LogP contribution in [0.25, 0.3) is 0 Å². The summed E-state index contributed by atoms with van der Waals surface area (Å²) in [5, 5.41) is 0. The lowest BCUT2D eigenvalue weighted by Gasteiger charge is -2.19. The summed E-state index contributed by atoms with van der Waals surface area (Å²) in [7, 11) is 0. The molecular formula is C16H19NO4. The number of nitrogens with zero attached hydrogens (tertiary/aromatic N) is 1. The van der Waals surface area contributed by atoms with E-state index in [1.165, 1.54) is 11.8 Å². The van der Waals surface area contributed by atoms with Crippen molar-refractivity contribution >= 4 is 17.8 Å². The van der Waals surface area contributed by atoms with Gasteiger partial charge >= 0.3 is 6.09 Å². The third-order valence-corrected chi connectivity index (χ3v) is 3.46. The molecule has 1 aliphatic rings. The van der Waals surface area contributed by atoms with Gasteiger partial charge in [0.1, 0.15) is 12.4 Å². The molecule has 1 fully saturated rings. The predicted octanol–water partition coefficient (Wildman–Crippen LogP) is 2.34. The second kappa shape index (κ2) is 7.02. The van der Waals surface area contributed by atoms with Crippen LogP contribution in [0.1, 0.15) is 31.7 Å². The Balaban J connectivity index is 1.96. The molecule has 5 heteroatoms. The molecule has 1 atom stereocenters. The van der Waals surface area contributed by atoms with Gasteiger partial charge in [0, 0.05) is 12.8 Å². The highest BCUT2D eigenvalue weighted by Crippen LogP contribution is 2.19. The Morgan fingerprint density at radius 2 is 1.95 bits per heavy atom. The number of rotatable bonds is 6. The number of benzene rings is 1. The molecule has 1 aliphatic heterocycles. The maximum absolute atomic E-state index is 12.2. The number of carbonyl (C=O) groups excluding carboxylic acids is 3. The van der Waals surface area contributed by atoms with Gasteiger partial charge in [0.05, 0.1) is 6.04 Å². The van der Waals surface area contributed by atoms with E-state index in [1.54, 1.807) is 0 Å². The highest BCUT2D eigenvalue weighted by atomic mass is 16.6. The number of carbonyl (C=O) groups is 3. The van der Waals surface area contributed by atoms with Gasteiger partial charge < -0.3 is 9.53 Å². The fourth-order valence-electron chi connectivity index (χ4n) is 2.41. The molecule has 0 aliphatic carbocycles. The molecule has 1 aromatic carbocycles. The fourth-order valence-corrected chi connectivity index (χ4v) is 2.41. The second-order valence-electron chi connectivity index (χ2n) is 5.24. The highest BCUT2D eigenvalue weighted by Gasteiger charge is 2.37. The first-order valence-corrected chi connectivity index (χ1v) is 7.10. The molecule has 1 saturated heterocycles. The molecule has 1 aromatic rings. The van der Waals surface area contributed by atoms with Crippen LogP contribution in [0.5, 0.6) is 0 Å². The third-order valence-electron chi connectivity index (χ3n) is 3.46. The normalized spacial score (nSPS) is 17.7. The molecule has 0 saturated carbocycles. The lowest BCUT2D eigenvalue weighted by atomic mass is 10.1. The molecule has 0 aromatic heterocycles. The minimum Gasteiger partial charge on any atom is -0.447 e. The summed E-state index contributed by atoms with van der Waals surface area (Å²) in [6.07, 6.45) is 1.03. The number of hydrogen-bond acceptors (Lipinski definition) is 4. The van der Waals surface area contributed by atoms with Crippen molar-refractivity contribution in [3.05, 3.63) is 35.9 Å². The molecule has 2 rings (SSSR count). The fraction of sp³-hybridized carbons (Fsp3) is 0.438. The summed E-state index contributed by atoms with van der Waals surface area (Å²) in [5.41, 5.74) is 1.06. The van der Waals surface area contributed by atoms with Crippen molar-refractivity contribution < 1.29 is 19.1 Å². The topological polar surface area (TPSA) is 63.7 Å². The first kappa shape index (κ1) is 15.2. The predicted molar refractivity (Wildman–Crippen MR) is 76.7 cm³/mol. The molecular weight excluding hydrogens is 270 g/mol. The standard InChI is InChI=1S/C16H19NO4/c1-12(18)6-5-9-15(19)17-14(11-21-16(17)20)10-13-7-3-2-4-8-13/h2-4,7-8,14H,5-6,9-11H2,1H3/t14-/m1/s1. The Labute approximate surface area is 123 Å². The van der Waals surface area contributed by atoms with Crippen molar-refractivity contribution in [3.8, 4) is 0 Å². The average molecular weight is 289 g/mol. The van der Waals surface area contributed by atoms with Crippen LogP contribution in [0.4, 0.5) is 4.79 Å². The summed E-state index contributed by atoms with van der Waals surface area (Å²) in [6.45, 7) is 1.72. The van der Waals surface area contributed by atoms with Crippen LogP contribution in [0.15, 0.2) is 30.3 Å². The van der Waals surface area contributed by atoms with Crippen LogP contribution < -0.4 is 0 Å². The zero-order valence-corrected chi connectivity index (χ0v) is 12.1. The Morgan fingerprint density at radius 1 is 1.24 bits per heavy atom. The number of cyclic esters (lactones) is 1. The lowest BCUT2D eigenvalue weighted by molar-refractivity contribution is -0.129. The van der Waals surface area contributed by atoms with Crippen LogP contribution in [-0.4, -0.2) is 35.3 Å². The van der Waals surface area contributed by atoms with Crippen molar-refractivity contribution in [1.82, 2.24) is 4.90 Å². The smallest absolute Gasteiger partial charge is 0.416 e. The number of Topliss-reactive ketones (excluding diaryl/α,β-unsaturated/α-hetero) is 1. The van der Waals surface area contributed by atoms with Gasteiger partial charge in [-0.05, 0) is 25.3 Å².